The molecule has 2 N–H and O–H groups in total. The number of Topliss-reactive ketones (excluding diaryl/α,β-unsaturated/α-hetero) is 1. The number of aromatic nitrogens is 1. The number of piperazine rings is 1. The SMILES string of the molecule is CN1CCN(CCCC(=O)CSc2c(-c3cc(Cl)ccc3O)c3cc(C(F)(F)F)ccc3[nH]c2=O)CC1. The number of phenols is 1. The van der Waals surface area contributed by atoms with Crippen molar-refractivity contribution in [2.45, 2.75) is 23.9 Å². The molecule has 0 atom stereocenters. The van der Waals surface area contributed by atoms with E-state index in [-0.39, 0.29) is 49.2 Å². The molecule has 4 rings (SSSR count). The molecular formula is C26H27ClF3N3O3S. The number of halogens is 4. The van der Waals surface area contributed by atoms with Gasteiger partial charge in [0.2, 0.25) is 0 Å². The summed E-state index contributed by atoms with van der Waals surface area (Å²) in [7, 11) is 2.08. The molecular weight excluding hydrogens is 527 g/mol. The number of nitrogens with one attached hydrogen (secondary N) is 1. The maximum Gasteiger partial charge on any atom is 0.416 e. The van der Waals surface area contributed by atoms with Crippen LogP contribution in [0.4, 0.5) is 13.2 Å². The highest BCUT2D eigenvalue weighted by molar-refractivity contribution is 8.00. The van der Waals surface area contributed by atoms with Crippen molar-refractivity contribution in [2.24, 2.45) is 0 Å². The molecule has 0 amide bonds. The van der Waals surface area contributed by atoms with E-state index in [2.05, 4.69) is 21.8 Å². The Morgan fingerprint density at radius 3 is 2.57 bits per heavy atom. The highest BCUT2D eigenvalue weighted by Crippen LogP contribution is 2.42. The fourth-order valence-corrected chi connectivity index (χ4v) is 5.53. The number of H-pyrrole nitrogens is 1. The van der Waals surface area contributed by atoms with Crippen LogP contribution in [0.2, 0.25) is 5.02 Å². The average Bonchev–Trinajstić information content (AvgIpc) is 2.84. The number of thioether (sulfide) groups is 1. The lowest BCUT2D eigenvalue weighted by Gasteiger charge is -2.32. The molecule has 198 valence electrons. The first-order chi connectivity index (χ1) is 17.5. The minimum Gasteiger partial charge on any atom is -0.507 e. The Morgan fingerprint density at radius 2 is 1.86 bits per heavy atom. The predicted octanol–water partition coefficient (Wildman–Crippen LogP) is 5.26. The Bertz CT molecular complexity index is 1350. The number of likely N-dealkylation sites (N-methyl/N-ethyl adjacent to an activating group) is 1. The molecule has 0 bridgehead atoms. The molecule has 0 aliphatic carbocycles. The first-order valence-corrected chi connectivity index (χ1v) is 13.2. The summed E-state index contributed by atoms with van der Waals surface area (Å²) in [6.45, 7) is 4.70. The van der Waals surface area contributed by atoms with E-state index in [9.17, 15) is 27.9 Å². The highest BCUT2D eigenvalue weighted by atomic mass is 35.5. The molecule has 1 aromatic heterocycles. The average molecular weight is 554 g/mol. The summed E-state index contributed by atoms with van der Waals surface area (Å²) in [5.41, 5.74) is -1.05. The lowest BCUT2D eigenvalue weighted by molar-refractivity contribution is -0.137. The Kier molecular flexibility index (Phi) is 8.52. The van der Waals surface area contributed by atoms with Gasteiger partial charge in [-0.05, 0) is 56.4 Å². The summed E-state index contributed by atoms with van der Waals surface area (Å²) in [4.78, 5) is 32.9. The van der Waals surface area contributed by atoms with Crippen molar-refractivity contribution in [1.29, 1.82) is 0 Å². The van der Waals surface area contributed by atoms with E-state index in [1.54, 1.807) is 0 Å². The fourth-order valence-electron chi connectivity index (χ4n) is 4.36. The number of benzene rings is 2. The van der Waals surface area contributed by atoms with Crippen LogP contribution in [-0.4, -0.2) is 71.2 Å². The van der Waals surface area contributed by atoms with Gasteiger partial charge in [0, 0.05) is 59.7 Å². The number of carbonyl (C=O) groups is 1. The van der Waals surface area contributed by atoms with Crippen molar-refractivity contribution in [3.8, 4) is 16.9 Å². The molecule has 11 heteroatoms. The van der Waals surface area contributed by atoms with Crippen LogP contribution >= 0.6 is 23.4 Å². The van der Waals surface area contributed by atoms with E-state index in [0.29, 0.717) is 12.8 Å². The van der Waals surface area contributed by atoms with Crippen LogP contribution < -0.4 is 5.56 Å². The largest absolute Gasteiger partial charge is 0.507 e. The van der Waals surface area contributed by atoms with E-state index in [1.807, 2.05) is 0 Å². The monoisotopic (exact) mass is 553 g/mol. The van der Waals surface area contributed by atoms with Gasteiger partial charge < -0.3 is 19.9 Å². The molecule has 1 aliphatic heterocycles. The lowest BCUT2D eigenvalue weighted by atomic mass is 9.98. The molecule has 1 fully saturated rings. The normalized spacial score (nSPS) is 15.4. The second kappa shape index (κ2) is 11.5. The summed E-state index contributed by atoms with van der Waals surface area (Å²) >= 11 is 7.08. The molecule has 0 saturated carbocycles. The van der Waals surface area contributed by atoms with Crippen LogP contribution in [0.25, 0.3) is 22.0 Å². The third kappa shape index (κ3) is 6.67. The molecule has 3 aromatic rings. The summed E-state index contributed by atoms with van der Waals surface area (Å²) in [6, 6.07) is 7.15. The number of hydrogen-bond donors (Lipinski definition) is 2. The summed E-state index contributed by atoms with van der Waals surface area (Å²) in [6.07, 6.45) is -3.58. The van der Waals surface area contributed by atoms with Gasteiger partial charge in [-0.3, -0.25) is 9.59 Å². The number of pyridine rings is 1. The maximum absolute atomic E-state index is 13.5. The molecule has 6 nitrogen and oxygen atoms in total. The topological polar surface area (TPSA) is 76.6 Å². The molecule has 1 aliphatic rings. The smallest absolute Gasteiger partial charge is 0.416 e. The molecule has 0 spiro atoms. The molecule has 0 radical (unpaired) electrons. The van der Waals surface area contributed by atoms with Crippen molar-refractivity contribution in [3.63, 3.8) is 0 Å². The zero-order valence-corrected chi connectivity index (χ0v) is 21.8. The molecule has 2 heterocycles. The number of carbonyl (C=O) groups excluding carboxylic acids is 1. The van der Waals surface area contributed by atoms with Crippen LogP contribution in [0.15, 0.2) is 46.1 Å². The summed E-state index contributed by atoms with van der Waals surface area (Å²) < 4.78 is 40.5. The number of aromatic hydroxyl groups is 1. The van der Waals surface area contributed by atoms with Crippen molar-refractivity contribution in [1.82, 2.24) is 14.8 Å². The van der Waals surface area contributed by atoms with Gasteiger partial charge in [0.05, 0.1) is 16.2 Å². The number of alkyl halides is 3. The van der Waals surface area contributed by atoms with Gasteiger partial charge in [0.25, 0.3) is 5.56 Å². The minimum atomic E-state index is -4.61. The first kappa shape index (κ1) is 27.5. The summed E-state index contributed by atoms with van der Waals surface area (Å²) in [5.74, 6) is -0.331. The zero-order valence-electron chi connectivity index (χ0n) is 20.2. The molecule has 1 saturated heterocycles. The third-order valence-electron chi connectivity index (χ3n) is 6.43. The van der Waals surface area contributed by atoms with Crippen molar-refractivity contribution >= 4 is 40.0 Å². The number of fused-ring (bicyclic) bond motifs is 1. The van der Waals surface area contributed by atoms with E-state index < -0.39 is 17.3 Å². The number of aromatic amines is 1. The Labute approximate surface area is 221 Å². The predicted molar refractivity (Wildman–Crippen MR) is 141 cm³/mol. The Hall–Kier alpha value is -2.53. The van der Waals surface area contributed by atoms with Gasteiger partial charge in [-0.1, -0.05) is 11.6 Å². The quantitative estimate of drug-likeness (QED) is 0.371. The minimum absolute atomic E-state index is 0.0232. The standard InChI is InChI=1S/C26H27ClF3N3O3S/c1-32-9-11-33(12-10-32)8-2-3-18(34)15-37-24-23(20-14-17(27)5-7-22(20)35)19-13-16(26(28,29)30)4-6-21(19)31-25(24)36/h4-7,13-14,35H,2-3,8-12,15H2,1H3,(H,31,36). The van der Waals surface area contributed by atoms with E-state index in [1.165, 1.54) is 24.3 Å². The van der Waals surface area contributed by atoms with Crippen LogP contribution in [0.5, 0.6) is 5.75 Å². The van der Waals surface area contributed by atoms with E-state index in [4.69, 9.17) is 11.6 Å². The van der Waals surface area contributed by atoms with Crippen molar-refractivity contribution in [2.75, 3.05) is 45.5 Å². The Balaban J connectivity index is 1.62. The maximum atomic E-state index is 13.5. The van der Waals surface area contributed by atoms with Crippen molar-refractivity contribution < 1.29 is 23.1 Å². The number of ketones is 1. The van der Waals surface area contributed by atoms with Gasteiger partial charge in [-0.2, -0.15) is 13.2 Å². The Morgan fingerprint density at radius 1 is 1.14 bits per heavy atom. The van der Waals surface area contributed by atoms with Gasteiger partial charge >= 0.3 is 6.18 Å². The van der Waals surface area contributed by atoms with Gasteiger partial charge in [0.15, 0.2) is 0 Å². The molecule has 37 heavy (non-hydrogen) atoms. The molecule has 0 unspecified atom stereocenters. The highest BCUT2D eigenvalue weighted by Gasteiger charge is 2.31. The fraction of sp³-hybridized carbons (Fsp3) is 0.385. The van der Waals surface area contributed by atoms with Crippen LogP contribution in [0, 0.1) is 0 Å². The van der Waals surface area contributed by atoms with Gasteiger partial charge in [-0.15, -0.1) is 11.8 Å². The van der Waals surface area contributed by atoms with Crippen LogP contribution in [-0.2, 0) is 11.0 Å². The number of rotatable bonds is 8. The van der Waals surface area contributed by atoms with Crippen LogP contribution in [0.3, 0.4) is 0 Å². The molecule has 2 aromatic carbocycles. The third-order valence-corrected chi connectivity index (χ3v) is 7.81. The van der Waals surface area contributed by atoms with Crippen LogP contribution in [0.1, 0.15) is 18.4 Å². The van der Waals surface area contributed by atoms with Gasteiger partial charge in [-0.25, -0.2) is 0 Å². The van der Waals surface area contributed by atoms with E-state index >= 15 is 0 Å². The summed E-state index contributed by atoms with van der Waals surface area (Å²) in [5, 5.41) is 10.9. The number of phenolic OH excluding ortho intramolecular Hbond substituents is 1. The van der Waals surface area contributed by atoms with Crippen molar-refractivity contribution in [3.05, 3.63) is 57.3 Å². The number of nitrogens with zero attached hydrogens (tertiary/aromatic N) is 2. The lowest BCUT2D eigenvalue weighted by Crippen LogP contribution is -2.44. The second-order valence-electron chi connectivity index (χ2n) is 9.15. The number of hydrogen-bond acceptors (Lipinski definition) is 6. The van der Waals surface area contributed by atoms with Gasteiger partial charge in [0.1, 0.15) is 11.5 Å². The second-order valence-corrected chi connectivity index (χ2v) is 10.6. The zero-order chi connectivity index (χ0) is 26.7. The van der Waals surface area contributed by atoms with E-state index in [0.717, 1.165) is 56.6 Å². The first-order valence-electron chi connectivity index (χ1n) is 11.8.